The maximum absolute atomic E-state index is 11.2. The Balaban J connectivity index is 1.63. The average molecular weight is 396 g/mol. The number of hydrogen-bond acceptors (Lipinski definition) is 4. The molecule has 0 heterocycles. The van der Waals surface area contributed by atoms with E-state index in [2.05, 4.69) is 11.0 Å². The monoisotopic (exact) mass is 395 g/mol. The van der Waals surface area contributed by atoms with Gasteiger partial charge in [-0.3, -0.25) is 5.01 Å². The van der Waals surface area contributed by atoms with Crippen molar-refractivity contribution in [2.24, 2.45) is 0 Å². The van der Waals surface area contributed by atoms with Crippen LogP contribution < -0.4 is 16.0 Å². The number of nitrogens with one attached hydrogen (secondary N) is 2. The predicted octanol–water partition coefficient (Wildman–Crippen LogP) is 5.31. The average Bonchev–Trinajstić information content (AvgIpc) is 2.84. The lowest BCUT2D eigenvalue weighted by Crippen LogP contribution is -2.47. The summed E-state index contributed by atoms with van der Waals surface area (Å²) in [4.78, 5) is 0. The SMILES string of the molecule is OC(c1ccccc1)C(NNN(c1ccccc1)c1ccccc1)c1ccccc1. The zero-order chi connectivity index (χ0) is 20.6. The van der Waals surface area contributed by atoms with Gasteiger partial charge in [-0.1, -0.05) is 97.1 Å². The fourth-order valence-electron chi connectivity index (χ4n) is 3.41. The lowest BCUT2D eigenvalue weighted by atomic mass is 9.96. The highest BCUT2D eigenvalue weighted by molar-refractivity contribution is 5.61. The Bertz CT molecular complexity index is 972. The second-order valence-corrected chi connectivity index (χ2v) is 7.01. The van der Waals surface area contributed by atoms with Crippen LogP contribution in [0.4, 0.5) is 11.4 Å². The molecule has 4 aromatic carbocycles. The molecule has 0 radical (unpaired) electrons. The van der Waals surface area contributed by atoms with Crippen molar-refractivity contribution in [1.29, 1.82) is 0 Å². The molecule has 2 unspecified atom stereocenters. The molecule has 0 aliphatic rings. The van der Waals surface area contributed by atoms with Crippen molar-refractivity contribution in [3.05, 3.63) is 132 Å². The molecule has 0 aromatic heterocycles. The number of rotatable bonds is 8. The molecule has 0 amide bonds. The van der Waals surface area contributed by atoms with Gasteiger partial charge < -0.3 is 5.11 Å². The van der Waals surface area contributed by atoms with E-state index in [1.807, 2.05) is 126 Å². The minimum atomic E-state index is -0.727. The second kappa shape index (κ2) is 9.85. The summed E-state index contributed by atoms with van der Waals surface area (Å²) in [7, 11) is 0. The maximum Gasteiger partial charge on any atom is 0.0998 e. The van der Waals surface area contributed by atoms with Crippen LogP contribution in [0.1, 0.15) is 23.3 Å². The largest absolute Gasteiger partial charge is 0.386 e. The van der Waals surface area contributed by atoms with Gasteiger partial charge in [-0.15, -0.1) is 0 Å². The van der Waals surface area contributed by atoms with Crippen molar-refractivity contribution in [3.63, 3.8) is 0 Å². The first-order valence-electron chi connectivity index (χ1n) is 10.0. The highest BCUT2D eigenvalue weighted by Gasteiger charge is 2.23. The van der Waals surface area contributed by atoms with E-state index in [9.17, 15) is 5.11 Å². The van der Waals surface area contributed by atoms with Gasteiger partial charge in [0.1, 0.15) is 0 Å². The number of hydrazine groups is 2. The minimum Gasteiger partial charge on any atom is -0.386 e. The van der Waals surface area contributed by atoms with Crippen LogP contribution in [0, 0.1) is 0 Å². The fourth-order valence-corrected chi connectivity index (χ4v) is 3.41. The summed E-state index contributed by atoms with van der Waals surface area (Å²) in [6, 6.07) is 39.4. The minimum absolute atomic E-state index is 0.358. The Hall–Kier alpha value is -3.44. The molecule has 3 N–H and O–H groups in total. The molecule has 4 heteroatoms. The van der Waals surface area contributed by atoms with E-state index >= 15 is 0 Å². The molecule has 0 saturated heterocycles. The van der Waals surface area contributed by atoms with E-state index in [4.69, 9.17) is 0 Å². The standard InChI is InChI=1S/C26H25N3O/c30-26(22-15-7-2-8-16-22)25(21-13-5-1-6-14-21)27-28-29(23-17-9-3-10-18-23)24-19-11-4-12-20-24/h1-20,25-28,30H. The molecular formula is C26H25N3O. The Labute approximate surface area is 177 Å². The number of benzene rings is 4. The van der Waals surface area contributed by atoms with Gasteiger partial charge in [-0.25, -0.2) is 5.43 Å². The lowest BCUT2D eigenvalue weighted by molar-refractivity contribution is 0.120. The lowest BCUT2D eigenvalue weighted by Gasteiger charge is -2.31. The molecule has 30 heavy (non-hydrogen) atoms. The molecule has 2 atom stereocenters. The molecule has 0 aliphatic heterocycles. The first kappa shape index (κ1) is 19.9. The third kappa shape index (κ3) is 4.75. The molecule has 150 valence electrons. The van der Waals surface area contributed by atoms with Gasteiger partial charge in [0.2, 0.25) is 0 Å². The zero-order valence-corrected chi connectivity index (χ0v) is 16.6. The smallest absolute Gasteiger partial charge is 0.0998 e. The molecule has 4 rings (SSSR count). The van der Waals surface area contributed by atoms with Crippen molar-refractivity contribution >= 4 is 11.4 Å². The Morgan fingerprint density at radius 3 is 1.40 bits per heavy atom. The fraction of sp³-hybridized carbons (Fsp3) is 0.0769. The predicted molar refractivity (Wildman–Crippen MR) is 122 cm³/mol. The van der Waals surface area contributed by atoms with Gasteiger partial charge in [0.05, 0.1) is 23.5 Å². The van der Waals surface area contributed by atoms with Crippen LogP contribution >= 0.6 is 0 Å². The van der Waals surface area contributed by atoms with Gasteiger partial charge in [0.15, 0.2) is 0 Å². The number of hydrogen-bond donors (Lipinski definition) is 3. The van der Waals surface area contributed by atoms with Crippen LogP contribution in [-0.2, 0) is 0 Å². The van der Waals surface area contributed by atoms with Gasteiger partial charge in [-0.2, -0.15) is 5.53 Å². The number of aliphatic hydroxyl groups is 1. The van der Waals surface area contributed by atoms with E-state index in [0.717, 1.165) is 22.5 Å². The van der Waals surface area contributed by atoms with Gasteiger partial charge in [0, 0.05) is 0 Å². The van der Waals surface area contributed by atoms with Crippen molar-refractivity contribution in [2.75, 3.05) is 5.01 Å². The van der Waals surface area contributed by atoms with E-state index in [1.54, 1.807) is 0 Å². The highest BCUT2D eigenvalue weighted by atomic mass is 16.3. The summed E-state index contributed by atoms with van der Waals surface area (Å²) in [5, 5.41) is 13.1. The second-order valence-electron chi connectivity index (χ2n) is 7.01. The number of anilines is 2. The Morgan fingerprint density at radius 2 is 0.933 bits per heavy atom. The first-order chi connectivity index (χ1) is 14.8. The van der Waals surface area contributed by atoms with Crippen LogP contribution in [0.2, 0.25) is 0 Å². The van der Waals surface area contributed by atoms with Crippen molar-refractivity contribution in [3.8, 4) is 0 Å². The van der Waals surface area contributed by atoms with Crippen molar-refractivity contribution in [1.82, 2.24) is 11.0 Å². The summed E-state index contributed by atoms with van der Waals surface area (Å²) in [6.07, 6.45) is -0.727. The van der Waals surface area contributed by atoms with E-state index in [-0.39, 0.29) is 6.04 Å². The van der Waals surface area contributed by atoms with Gasteiger partial charge in [0.25, 0.3) is 0 Å². The van der Waals surface area contributed by atoms with Crippen LogP contribution in [0.15, 0.2) is 121 Å². The molecular weight excluding hydrogens is 370 g/mol. The highest BCUT2D eigenvalue weighted by Crippen LogP contribution is 2.29. The van der Waals surface area contributed by atoms with E-state index in [1.165, 1.54) is 0 Å². The molecule has 0 spiro atoms. The number of aliphatic hydroxyl groups excluding tert-OH is 1. The molecule has 4 aromatic rings. The molecule has 0 aliphatic carbocycles. The normalized spacial score (nSPS) is 12.8. The third-order valence-corrected chi connectivity index (χ3v) is 4.98. The summed E-state index contributed by atoms with van der Waals surface area (Å²) in [5.41, 5.74) is 10.5. The van der Waals surface area contributed by atoms with Gasteiger partial charge >= 0.3 is 0 Å². The molecule has 0 fully saturated rings. The van der Waals surface area contributed by atoms with Crippen molar-refractivity contribution in [2.45, 2.75) is 12.1 Å². The van der Waals surface area contributed by atoms with Crippen molar-refractivity contribution < 1.29 is 5.11 Å². The van der Waals surface area contributed by atoms with Crippen LogP contribution in [0.3, 0.4) is 0 Å². The Kier molecular flexibility index (Phi) is 6.52. The van der Waals surface area contributed by atoms with E-state index in [0.29, 0.717) is 0 Å². The number of nitrogens with zero attached hydrogens (tertiary/aromatic N) is 1. The topological polar surface area (TPSA) is 47.5 Å². The van der Waals surface area contributed by atoms with Gasteiger partial charge in [-0.05, 0) is 35.4 Å². The number of para-hydroxylation sites is 2. The zero-order valence-electron chi connectivity index (χ0n) is 16.6. The summed E-state index contributed by atoms with van der Waals surface area (Å²) in [6.45, 7) is 0. The Morgan fingerprint density at radius 1 is 0.533 bits per heavy atom. The quantitative estimate of drug-likeness (QED) is 0.354. The molecule has 0 saturated carbocycles. The van der Waals surface area contributed by atoms with Crippen LogP contribution in [0.5, 0.6) is 0 Å². The summed E-state index contributed by atoms with van der Waals surface area (Å²) in [5.74, 6) is 0. The summed E-state index contributed by atoms with van der Waals surface area (Å²) < 4.78 is 0. The third-order valence-electron chi connectivity index (χ3n) is 4.98. The molecule has 0 bridgehead atoms. The van der Waals surface area contributed by atoms with Crippen LogP contribution in [0.25, 0.3) is 0 Å². The molecule has 4 nitrogen and oxygen atoms in total. The van der Waals surface area contributed by atoms with Crippen LogP contribution in [-0.4, -0.2) is 5.11 Å². The first-order valence-corrected chi connectivity index (χ1v) is 10.0. The maximum atomic E-state index is 11.2. The summed E-state index contributed by atoms with van der Waals surface area (Å²) >= 11 is 0. The van der Waals surface area contributed by atoms with E-state index < -0.39 is 6.10 Å².